The SMILES string of the molecule is C=C(c1cnc(-c2ccc(-n3ccnc3)cc2O)cn1)[C@@H]1C[C@H]2CC[C@@H](C1)N2. The first-order valence-corrected chi connectivity index (χ1v) is 9.76. The fraction of sp³-hybridized carbons (Fsp3) is 0.318. The van der Waals surface area contributed by atoms with E-state index in [0.717, 1.165) is 29.8 Å². The van der Waals surface area contributed by atoms with Crippen LogP contribution in [0.2, 0.25) is 0 Å². The zero-order valence-electron chi connectivity index (χ0n) is 15.6. The molecule has 28 heavy (non-hydrogen) atoms. The lowest BCUT2D eigenvalue weighted by molar-refractivity contribution is 0.351. The van der Waals surface area contributed by atoms with E-state index in [1.165, 1.54) is 12.8 Å². The Balaban J connectivity index is 1.36. The highest BCUT2D eigenvalue weighted by molar-refractivity contribution is 5.69. The molecule has 2 saturated heterocycles. The molecule has 142 valence electrons. The number of nitrogens with zero attached hydrogens (tertiary/aromatic N) is 4. The van der Waals surface area contributed by atoms with Crippen molar-refractivity contribution in [1.82, 2.24) is 24.8 Å². The molecule has 1 aromatic carbocycles. The number of fused-ring (bicyclic) bond motifs is 2. The molecule has 6 heteroatoms. The summed E-state index contributed by atoms with van der Waals surface area (Å²) in [4.78, 5) is 13.2. The van der Waals surface area contributed by atoms with Crippen molar-refractivity contribution in [1.29, 1.82) is 0 Å². The first kappa shape index (κ1) is 17.1. The zero-order valence-corrected chi connectivity index (χ0v) is 15.6. The summed E-state index contributed by atoms with van der Waals surface area (Å²) in [5.74, 6) is 0.642. The van der Waals surface area contributed by atoms with Crippen LogP contribution in [0.1, 0.15) is 31.4 Å². The van der Waals surface area contributed by atoms with Gasteiger partial charge in [0.25, 0.3) is 0 Å². The Kier molecular flexibility index (Phi) is 4.20. The van der Waals surface area contributed by atoms with Crippen molar-refractivity contribution in [3.8, 4) is 22.7 Å². The van der Waals surface area contributed by atoms with E-state index in [9.17, 15) is 5.11 Å². The van der Waals surface area contributed by atoms with Gasteiger partial charge < -0.3 is 15.0 Å². The molecule has 2 aliphatic heterocycles. The van der Waals surface area contributed by atoms with Gasteiger partial charge in [0.2, 0.25) is 0 Å². The van der Waals surface area contributed by atoms with Gasteiger partial charge in [0, 0.05) is 36.1 Å². The molecule has 2 fully saturated rings. The van der Waals surface area contributed by atoms with Crippen LogP contribution in [0.5, 0.6) is 5.75 Å². The van der Waals surface area contributed by atoms with Crippen LogP contribution in [0.4, 0.5) is 0 Å². The van der Waals surface area contributed by atoms with Crippen molar-refractivity contribution in [3.05, 3.63) is 61.6 Å². The summed E-state index contributed by atoms with van der Waals surface area (Å²) in [6.45, 7) is 4.32. The van der Waals surface area contributed by atoms with Crippen molar-refractivity contribution in [2.45, 2.75) is 37.8 Å². The second kappa shape index (κ2) is 6.87. The Morgan fingerprint density at radius 1 is 1.14 bits per heavy atom. The lowest BCUT2D eigenvalue weighted by Gasteiger charge is -2.30. The van der Waals surface area contributed by atoms with Crippen LogP contribution in [0.25, 0.3) is 22.5 Å². The third-order valence-electron chi connectivity index (χ3n) is 6.01. The first-order chi connectivity index (χ1) is 13.7. The van der Waals surface area contributed by atoms with Crippen molar-refractivity contribution in [2.24, 2.45) is 5.92 Å². The van der Waals surface area contributed by atoms with E-state index in [1.54, 1.807) is 31.0 Å². The highest BCUT2D eigenvalue weighted by atomic mass is 16.3. The molecule has 5 rings (SSSR count). The number of benzene rings is 1. The summed E-state index contributed by atoms with van der Waals surface area (Å²) in [6, 6.07) is 6.73. The molecule has 2 bridgehead atoms. The molecule has 2 N–H and O–H groups in total. The number of aromatic nitrogens is 4. The van der Waals surface area contributed by atoms with Crippen LogP contribution in [0.15, 0.2) is 55.9 Å². The molecule has 3 aromatic rings. The molecular formula is C22H23N5O. The highest BCUT2D eigenvalue weighted by Gasteiger charge is 2.35. The Hall–Kier alpha value is -2.99. The summed E-state index contributed by atoms with van der Waals surface area (Å²) in [5, 5.41) is 14.1. The van der Waals surface area contributed by atoms with Gasteiger partial charge in [0.15, 0.2) is 0 Å². The van der Waals surface area contributed by atoms with E-state index in [-0.39, 0.29) is 5.75 Å². The van der Waals surface area contributed by atoms with Crippen molar-refractivity contribution in [3.63, 3.8) is 0 Å². The van der Waals surface area contributed by atoms with Gasteiger partial charge in [-0.05, 0) is 49.3 Å². The molecule has 0 spiro atoms. The third kappa shape index (κ3) is 3.10. The number of phenolic OH excluding ortho intramolecular Hbond substituents is 1. The molecule has 2 aliphatic rings. The maximum atomic E-state index is 10.5. The van der Waals surface area contributed by atoms with Crippen LogP contribution in [-0.2, 0) is 0 Å². The molecule has 2 aromatic heterocycles. The highest BCUT2D eigenvalue weighted by Crippen LogP contribution is 2.37. The molecular weight excluding hydrogens is 350 g/mol. The topological polar surface area (TPSA) is 75.9 Å². The number of piperidine rings is 1. The van der Waals surface area contributed by atoms with Crippen molar-refractivity contribution >= 4 is 5.57 Å². The van der Waals surface area contributed by atoms with Crippen molar-refractivity contribution < 1.29 is 5.11 Å². The molecule has 0 aliphatic carbocycles. The Morgan fingerprint density at radius 2 is 1.96 bits per heavy atom. The molecule has 6 nitrogen and oxygen atoms in total. The van der Waals surface area contributed by atoms with Crippen LogP contribution in [0, 0.1) is 5.92 Å². The van der Waals surface area contributed by atoms with Crippen molar-refractivity contribution in [2.75, 3.05) is 0 Å². The van der Waals surface area contributed by atoms with Crippen LogP contribution in [-0.4, -0.2) is 36.7 Å². The largest absolute Gasteiger partial charge is 0.507 e. The van der Waals surface area contributed by atoms with Gasteiger partial charge in [-0.2, -0.15) is 0 Å². The molecule has 3 atom stereocenters. The third-order valence-corrected chi connectivity index (χ3v) is 6.01. The van der Waals surface area contributed by atoms with Gasteiger partial charge >= 0.3 is 0 Å². The quantitative estimate of drug-likeness (QED) is 0.731. The minimum absolute atomic E-state index is 0.169. The smallest absolute Gasteiger partial charge is 0.127 e. The normalized spacial score (nSPS) is 23.6. The van der Waals surface area contributed by atoms with Gasteiger partial charge in [-0.3, -0.25) is 9.97 Å². The number of allylic oxidation sites excluding steroid dienone is 1. The van der Waals surface area contributed by atoms with Crippen LogP contribution in [0.3, 0.4) is 0 Å². The summed E-state index contributed by atoms with van der Waals surface area (Å²) < 4.78 is 1.84. The van der Waals surface area contributed by atoms with Gasteiger partial charge in [0.1, 0.15) is 5.75 Å². The maximum absolute atomic E-state index is 10.5. The van der Waals surface area contributed by atoms with Crippen LogP contribution < -0.4 is 5.32 Å². The van der Waals surface area contributed by atoms with E-state index in [1.807, 2.05) is 22.9 Å². The number of imidazole rings is 1. The monoisotopic (exact) mass is 373 g/mol. The fourth-order valence-corrected chi connectivity index (χ4v) is 4.49. The minimum atomic E-state index is 0.169. The summed E-state index contributed by atoms with van der Waals surface area (Å²) in [7, 11) is 0. The predicted octanol–water partition coefficient (Wildman–Crippen LogP) is 3.58. The number of hydrogen-bond donors (Lipinski definition) is 2. The minimum Gasteiger partial charge on any atom is -0.507 e. The number of rotatable bonds is 4. The Morgan fingerprint density at radius 3 is 2.61 bits per heavy atom. The van der Waals surface area contributed by atoms with Gasteiger partial charge in [-0.25, -0.2) is 4.98 Å². The van der Waals surface area contributed by atoms with E-state index >= 15 is 0 Å². The average molecular weight is 373 g/mol. The van der Waals surface area contributed by atoms with Gasteiger partial charge in [-0.15, -0.1) is 0 Å². The second-order valence-corrected chi connectivity index (χ2v) is 7.79. The lowest BCUT2D eigenvalue weighted by Crippen LogP contribution is -2.38. The zero-order chi connectivity index (χ0) is 19.1. The predicted molar refractivity (Wildman–Crippen MR) is 108 cm³/mol. The summed E-state index contributed by atoms with van der Waals surface area (Å²) in [5.41, 5.74) is 4.09. The standard InChI is InChI=1S/C22H23N5O/c1-14(15-8-16-2-3-17(9-15)26-16)20-11-25-21(12-24-20)19-5-4-18(10-22(19)28)27-7-6-23-13-27/h4-7,10-13,15-17,26,28H,1-3,8-9H2/t15-,16-,17+. The average Bonchev–Trinajstić information content (AvgIpc) is 3.37. The van der Waals surface area contributed by atoms with E-state index in [0.29, 0.717) is 29.3 Å². The molecule has 0 unspecified atom stereocenters. The number of aromatic hydroxyl groups is 1. The number of hydrogen-bond acceptors (Lipinski definition) is 5. The van der Waals surface area contributed by atoms with E-state index in [2.05, 4.69) is 26.8 Å². The van der Waals surface area contributed by atoms with E-state index < -0.39 is 0 Å². The van der Waals surface area contributed by atoms with Gasteiger partial charge in [0.05, 0.1) is 35.8 Å². The second-order valence-electron chi connectivity index (χ2n) is 7.79. The van der Waals surface area contributed by atoms with Crippen LogP contribution >= 0.6 is 0 Å². The Bertz CT molecular complexity index is 984. The fourth-order valence-electron chi connectivity index (χ4n) is 4.49. The maximum Gasteiger partial charge on any atom is 0.127 e. The Labute approximate surface area is 164 Å². The van der Waals surface area contributed by atoms with Gasteiger partial charge in [-0.1, -0.05) is 6.58 Å². The first-order valence-electron chi connectivity index (χ1n) is 9.76. The molecule has 4 heterocycles. The summed E-state index contributed by atoms with van der Waals surface area (Å²) in [6.07, 6.45) is 13.6. The number of nitrogens with one attached hydrogen (secondary N) is 1. The number of phenols is 1. The molecule has 0 radical (unpaired) electrons. The van der Waals surface area contributed by atoms with E-state index in [4.69, 9.17) is 0 Å². The summed E-state index contributed by atoms with van der Waals surface area (Å²) >= 11 is 0. The molecule has 0 saturated carbocycles. The molecule has 0 amide bonds. The lowest BCUT2D eigenvalue weighted by atomic mass is 9.85.